The highest BCUT2D eigenvalue weighted by Gasteiger charge is 2.42. The van der Waals surface area contributed by atoms with Crippen molar-refractivity contribution in [3.05, 3.63) is 27.1 Å². The number of hydrogen-bond acceptors (Lipinski definition) is 4. The van der Waals surface area contributed by atoms with Crippen LogP contribution in [0.1, 0.15) is 62.3 Å². The zero-order valence-electron chi connectivity index (χ0n) is 16.6. The Morgan fingerprint density at radius 3 is 2.93 bits per heavy atom. The van der Waals surface area contributed by atoms with E-state index in [1.54, 1.807) is 17.7 Å². The maximum Gasteiger partial charge on any atom is 0.262 e. The number of nitrogens with zero attached hydrogens (tertiary/aromatic N) is 2. The Kier molecular flexibility index (Phi) is 4.77. The van der Waals surface area contributed by atoms with Crippen LogP contribution in [0.2, 0.25) is 0 Å². The molecule has 5 nitrogen and oxygen atoms in total. The molecule has 2 heterocycles. The van der Waals surface area contributed by atoms with Crippen LogP contribution in [-0.4, -0.2) is 21.5 Å². The Morgan fingerprint density at radius 1 is 1.29 bits per heavy atom. The van der Waals surface area contributed by atoms with Gasteiger partial charge in [0.1, 0.15) is 11.4 Å². The van der Waals surface area contributed by atoms with E-state index in [9.17, 15) is 9.59 Å². The minimum Gasteiger partial charge on any atom is -0.352 e. The Labute approximate surface area is 169 Å². The van der Waals surface area contributed by atoms with Gasteiger partial charge in [-0.05, 0) is 75.2 Å². The quantitative estimate of drug-likeness (QED) is 0.798. The van der Waals surface area contributed by atoms with E-state index in [0.717, 1.165) is 41.3 Å². The first-order valence-electron chi connectivity index (χ1n) is 10.9. The van der Waals surface area contributed by atoms with E-state index in [0.29, 0.717) is 5.92 Å². The number of carbonyl (C=O) groups is 1. The predicted octanol–water partition coefficient (Wildman–Crippen LogP) is 3.67. The van der Waals surface area contributed by atoms with Gasteiger partial charge in [0, 0.05) is 10.9 Å². The molecule has 4 atom stereocenters. The highest BCUT2D eigenvalue weighted by Crippen LogP contribution is 2.49. The number of carbonyl (C=O) groups excluding carboxylic acids is 1. The highest BCUT2D eigenvalue weighted by molar-refractivity contribution is 7.18. The van der Waals surface area contributed by atoms with Crippen molar-refractivity contribution in [1.82, 2.24) is 14.9 Å². The van der Waals surface area contributed by atoms with E-state index < -0.39 is 0 Å². The monoisotopic (exact) mass is 399 g/mol. The number of thiophene rings is 1. The van der Waals surface area contributed by atoms with Crippen LogP contribution in [0.4, 0.5) is 0 Å². The molecule has 1 amide bonds. The molecule has 28 heavy (non-hydrogen) atoms. The standard InChI is InChI=1S/C22H29N3O2S/c1-13(17-10-14-7-8-15(17)9-14)24-19(26)11-25-12-23-21-20(22(25)27)16-5-3-2-4-6-18(16)28-21/h12-15,17H,2-11H2,1H3,(H,24,26). The van der Waals surface area contributed by atoms with E-state index >= 15 is 0 Å². The molecule has 2 saturated carbocycles. The summed E-state index contributed by atoms with van der Waals surface area (Å²) >= 11 is 1.66. The molecule has 2 aromatic heterocycles. The lowest BCUT2D eigenvalue weighted by molar-refractivity contribution is -0.122. The molecule has 2 fully saturated rings. The molecule has 0 saturated heterocycles. The second-order valence-corrected chi connectivity index (χ2v) is 10.2. The number of amides is 1. The lowest BCUT2D eigenvalue weighted by atomic mass is 9.84. The fourth-order valence-electron chi connectivity index (χ4n) is 5.94. The normalized spacial score (nSPS) is 27.5. The molecular formula is C22H29N3O2S. The first-order chi connectivity index (χ1) is 13.6. The fourth-order valence-corrected chi connectivity index (χ4v) is 7.16. The molecule has 3 aliphatic rings. The van der Waals surface area contributed by atoms with Gasteiger partial charge in [-0.3, -0.25) is 14.2 Å². The summed E-state index contributed by atoms with van der Waals surface area (Å²) in [5.74, 6) is 2.19. The van der Waals surface area contributed by atoms with Gasteiger partial charge in [0.15, 0.2) is 0 Å². The molecule has 0 aromatic carbocycles. The maximum absolute atomic E-state index is 13.1. The van der Waals surface area contributed by atoms with Gasteiger partial charge in [0.05, 0.1) is 11.7 Å². The molecule has 6 heteroatoms. The van der Waals surface area contributed by atoms with Crippen LogP contribution in [0.5, 0.6) is 0 Å². The zero-order chi connectivity index (χ0) is 19.3. The SMILES string of the molecule is CC(NC(=O)Cn1cnc2sc3c(c2c1=O)CCCCC3)C1CC2CCC1C2. The summed E-state index contributed by atoms with van der Waals surface area (Å²) in [6.45, 7) is 2.20. The molecule has 0 spiro atoms. The molecular weight excluding hydrogens is 370 g/mol. The number of rotatable bonds is 4. The average Bonchev–Trinajstić information content (AvgIpc) is 3.35. The second kappa shape index (κ2) is 7.29. The van der Waals surface area contributed by atoms with Crippen molar-refractivity contribution in [3.8, 4) is 0 Å². The number of aryl methyl sites for hydroxylation is 2. The van der Waals surface area contributed by atoms with Gasteiger partial charge in [-0.1, -0.05) is 12.8 Å². The van der Waals surface area contributed by atoms with Crippen LogP contribution in [0, 0.1) is 17.8 Å². The Morgan fingerprint density at radius 2 is 2.14 bits per heavy atom. The molecule has 0 aliphatic heterocycles. The van der Waals surface area contributed by atoms with E-state index in [1.165, 1.54) is 53.5 Å². The van der Waals surface area contributed by atoms with Crippen molar-refractivity contribution in [3.63, 3.8) is 0 Å². The number of nitrogens with one attached hydrogen (secondary N) is 1. The molecule has 1 N–H and O–H groups in total. The Bertz CT molecular complexity index is 963. The fraction of sp³-hybridized carbons (Fsp3) is 0.682. The third-order valence-electron chi connectivity index (χ3n) is 7.33. The second-order valence-electron chi connectivity index (χ2n) is 9.12. The van der Waals surface area contributed by atoms with Crippen LogP contribution < -0.4 is 10.9 Å². The maximum atomic E-state index is 13.1. The van der Waals surface area contributed by atoms with Gasteiger partial charge in [-0.2, -0.15) is 0 Å². The molecule has 5 rings (SSSR count). The lowest BCUT2D eigenvalue weighted by Gasteiger charge is -2.28. The van der Waals surface area contributed by atoms with Gasteiger partial charge < -0.3 is 5.32 Å². The van der Waals surface area contributed by atoms with Gasteiger partial charge in [0.25, 0.3) is 5.56 Å². The zero-order valence-corrected chi connectivity index (χ0v) is 17.4. The lowest BCUT2D eigenvalue weighted by Crippen LogP contribution is -2.42. The highest BCUT2D eigenvalue weighted by atomic mass is 32.1. The molecule has 2 bridgehead atoms. The Hall–Kier alpha value is -1.69. The van der Waals surface area contributed by atoms with Crippen molar-refractivity contribution >= 4 is 27.5 Å². The smallest absolute Gasteiger partial charge is 0.262 e. The summed E-state index contributed by atoms with van der Waals surface area (Å²) in [6.07, 6.45) is 12.4. The van der Waals surface area contributed by atoms with Crippen LogP contribution in [0.25, 0.3) is 10.2 Å². The van der Waals surface area contributed by atoms with Gasteiger partial charge in [0.2, 0.25) is 5.91 Å². The Balaban J connectivity index is 1.33. The van der Waals surface area contributed by atoms with Crippen LogP contribution in [-0.2, 0) is 24.2 Å². The predicted molar refractivity (Wildman–Crippen MR) is 112 cm³/mol. The van der Waals surface area contributed by atoms with Crippen molar-refractivity contribution in [2.45, 2.75) is 77.3 Å². The van der Waals surface area contributed by atoms with Crippen molar-refractivity contribution < 1.29 is 4.79 Å². The number of aromatic nitrogens is 2. The summed E-state index contributed by atoms with van der Waals surface area (Å²) < 4.78 is 1.50. The third-order valence-corrected chi connectivity index (χ3v) is 8.53. The first kappa shape index (κ1) is 18.3. The number of fused-ring (bicyclic) bond motifs is 5. The molecule has 4 unspecified atom stereocenters. The summed E-state index contributed by atoms with van der Waals surface area (Å²) in [7, 11) is 0. The average molecular weight is 400 g/mol. The minimum absolute atomic E-state index is 0.0490. The molecule has 3 aliphatic carbocycles. The summed E-state index contributed by atoms with van der Waals surface area (Å²) in [5.41, 5.74) is 1.15. The van der Waals surface area contributed by atoms with Gasteiger partial charge >= 0.3 is 0 Å². The van der Waals surface area contributed by atoms with Crippen molar-refractivity contribution in [2.75, 3.05) is 0 Å². The number of hydrogen-bond donors (Lipinski definition) is 1. The van der Waals surface area contributed by atoms with E-state index in [-0.39, 0.29) is 24.1 Å². The first-order valence-corrected chi connectivity index (χ1v) is 11.7. The topological polar surface area (TPSA) is 64.0 Å². The summed E-state index contributed by atoms with van der Waals surface area (Å²) in [6, 6.07) is 0.188. The van der Waals surface area contributed by atoms with Crippen LogP contribution >= 0.6 is 11.3 Å². The van der Waals surface area contributed by atoms with Crippen LogP contribution in [0.3, 0.4) is 0 Å². The van der Waals surface area contributed by atoms with E-state index in [2.05, 4.69) is 17.2 Å². The molecule has 2 aromatic rings. The third kappa shape index (κ3) is 3.19. The summed E-state index contributed by atoms with van der Waals surface area (Å²) in [5, 5.41) is 3.94. The minimum atomic E-state index is -0.0696. The molecule has 150 valence electrons. The largest absolute Gasteiger partial charge is 0.352 e. The van der Waals surface area contributed by atoms with Gasteiger partial charge in [-0.15, -0.1) is 11.3 Å². The van der Waals surface area contributed by atoms with E-state index in [1.807, 2.05) is 0 Å². The van der Waals surface area contributed by atoms with Crippen molar-refractivity contribution in [2.24, 2.45) is 17.8 Å². The van der Waals surface area contributed by atoms with Crippen molar-refractivity contribution in [1.29, 1.82) is 0 Å². The van der Waals surface area contributed by atoms with Crippen LogP contribution in [0.15, 0.2) is 11.1 Å². The van der Waals surface area contributed by atoms with E-state index in [4.69, 9.17) is 0 Å². The summed E-state index contributed by atoms with van der Waals surface area (Å²) in [4.78, 5) is 32.4. The van der Waals surface area contributed by atoms with Gasteiger partial charge in [-0.25, -0.2) is 4.98 Å². The molecule has 0 radical (unpaired) electrons.